The highest BCUT2D eigenvalue weighted by atomic mass is 32.2. The average Bonchev–Trinajstić information content (AvgIpc) is 3.53. The number of hydrogen-bond acceptors (Lipinski definition) is 8. The second-order valence-electron chi connectivity index (χ2n) is 8.58. The zero-order valence-electron chi connectivity index (χ0n) is 20.7. The lowest BCUT2D eigenvalue weighted by atomic mass is 10.0. The van der Waals surface area contributed by atoms with E-state index in [9.17, 15) is 18.3 Å². The standard InChI is InChI=1S/C26H24F3N7O2S/c1-35-24-19(17-11-32-36(13-17)8-9-37)12-31-25(30)22(24)23(33-35)16-4-7-20(34-39-26(28)29)21(10-16)38-14-15-2-5-18(27)6-3-15/h2-7,10-13,26,34,37H,8-9,14H2,1H3,(H2,30,31). The van der Waals surface area contributed by atoms with Gasteiger partial charge in [0.1, 0.15) is 29.7 Å². The van der Waals surface area contributed by atoms with Gasteiger partial charge in [-0.15, -0.1) is 0 Å². The maximum Gasteiger partial charge on any atom is 0.302 e. The molecule has 0 saturated heterocycles. The van der Waals surface area contributed by atoms with E-state index in [1.807, 2.05) is 0 Å². The smallest absolute Gasteiger partial charge is 0.302 e. The third kappa shape index (κ3) is 5.64. The summed E-state index contributed by atoms with van der Waals surface area (Å²) in [6.45, 7) is 0.401. The Labute approximate surface area is 225 Å². The molecule has 0 aliphatic heterocycles. The monoisotopic (exact) mass is 555 g/mol. The van der Waals surface area contributed by atoms with Gasteiger partial charge in [0.05, 0.1) is 35.9 Å². The normalized spacial score (nSPS) is 11.4. The summed E-state index contributed by atoms with van der Waals surface area (Å²) in [6, 6.07) is 10.9. The second kappa shape index (κ2) is 11.3. The van der Waals surface area contributed by atoms with Gasteiger partial charge in [-0.05, 0) is 29.8 Å². The van der Waals surface area contributed by atoms with Crippen molar-refractivity contribution in [3.8, 4) is 28.1 Å². The van der Waals surface area contributed by atoms with E-state index in [0.717, 1.165) is 16.6 Å². The molecule has 0 radical (unpaired) electrons. The molecule has 5 aromatic rings. The van der Waals surface area contributed by atoms with E-state index in [1.165, 1.54) is 12.1 Å². The number of nitrogens with zero attached hydrogens (tertiary/aromatic N) is 5. The van der Waals surface area contributed by atoms with Crippen LogP contribution in [0.2, 0.25) is 0 Å². The van der Waals surface area contributed by atoms with E-state index >= 15 is 0 Å². The van der Waals surface area contributed by atoms with Crippen LogP contribution in [0.25, 0.3) is 33.3 Å². The summed E-state index contributed by atoms with van der Waals surface area (Å²) >= 11 is 0.252. The van der Waals surface area contributed by atoms with Crippen LogP contribution in [-0.4, -0.2) is 42.0 Å². The van der Waals surface area contributed by atoms with Gasteiger partial charge in [-0.25, -0.2) is 9.37 Å². The van der Waals surface area contributed by atoms with Crippen molar-refractivity contribution >= 4 is 34.4 Å². The van der Waals surface area contributed by atoms with Crippen molar-refractivity contribution in [1.82, 2.24) is 24.5 Å². The van der Waals surface area contributed by atoms with E-state index in [0.29, 0.717) is 40.2 Å². The van der Waals surface area contributed by atoms with Gasteiger partial charge >= 0.3 is 5.76 Å². The fraction of sp³-hybridized carbons (Fsp3) is 0.192. The average molecular weight is 556 g/mol. The SMILES string of the molecule is Cn1nc(-c2ccc(NSC(F)F)c(OCc3ccc(F)cc3)c2)c2c(N)ncc(-c3cnn(CCO)c3)c21. The van der Waals surface area contributed by atoms with Crippen LogP contribution in [0.4, 0.5) is 24.7 Å². The number of rotatable bonds is 10. The van der Waals surface area contributed by atoms with Gasteiger partial charge in [0, 0.05) is 48.1 Å². The number of nitrogens with one attached hydrogen (secondary N) is 1. The molecule has 3 heterocycles. The number of alkyl halides is 2. The Morgan fingerprint density at radius 1 is 1.13 bits per heavy atom. The number of anilines is 2. The zero-order chi connectivity index (χ0) is 27.5. The maximum absolute atomic E-state index is 13.3. The van der Waals surface area contributed by atoms with Crippen LogP contribution in [0, 0.1) is 5.82 Å². The molecule has 5 rings (SSSR count). The molecule has 0 spiro atoms. The summed E-state index contributed by atoms with van der Waals surface area (Å²) in [4.78, 5) is 4.39. The Morgan fingerprint density at radius 2 is 1.92 bits per heavy atom. The molecule has 0 saturated carbocycles. The van der Waals surface area contributed by atoms with Gasteiger partial charge in [-0.2, -0.15) is 19.0 Å². The van der Waals surface area contributed by atoms with Crippen molar-refractivity contribution < 1.29 is 23.0 Å². The number of pyridine rings is 1. The fourth-order valence-electron chi connectivity index (χ4n) is 4.20. The molecular weight excluding hydrogens is 531 g/mol. The van der Waals surface area contributed by atoms with E-state index in [1.54, 1.807) is 65.3 Å². The van der Waals surface area contributed by atoms with Gasteiger partial charge in [-0.3, -0.25) is 9.36 Å². The molecule has 2 aromatic carbocycles. The number of aromatic nitrogens is 5. The van der Waals surface area contributed by atoms with Crippen molar-refractivity contribution in [3.05, 3.63) is 72.4 Å². The molecule has 0 bridgehead atoms. The van der Waals surface area contributed by atoms with Crippen LogP contribution in [0.1, 0.15) is 5.56 Å². The lowest BCUT2D eigenvalue weighted by molar-refractivity contribution is 0.252. The van der Waals surface area contributed by atoms with Crippen LogP contribution in [-0.2, 0) is 20.2 Å². The minimum absolute atomic E-state index is 0.0430. The lowest BCUT2D eigenvalue weighted by Crippen LogP contribution is -2.01. The lowest BCUT2D eigenvalue weighted by Gasteiger charge is -2.14. The van der Waals surface area contributed by atoms with Crippen LogP contribution in [0.5, 0.6) is 5.75 Å². The summed E-state index contributed by atoms with van der Waals surface area (Å²) in [5.74, 6) is -2.44. The van der Waals surface area contributed by atoms with Crippen LogP contribution < -0.4 is 15.2 Å². The molecule has 13 heteroatoms. The first-order chi connectivity index (χ1) is 18.8. The Bertz CT molecular complexity index is 1610. The first-order valence-electron chi connectivity index (χ1n) is 11.8. The third-order valence-corrected chi connectivity index (χ3v) is 6.50. The molecule has 0 amide bonds. The quantitative estimate of drug-likeness (QED) is 0.205. The molecular formula is C26H24F3N7O2S. The number of ether oxygens (including phenoxy) is 1. The third-order valence-electron chi connectivity index (χ3n) is 5.99. The number of hydrogen-bond donors (Lipinski definition) is 3. The molecule has 4 N–H and O–H groups in total. The Hall–Kier alpha value is -4.23. The van der Waals surface area contributed by atoms with Gasteiger partial charge in [0.15, 0.2) is 0 Å². The summed E-state index contributed by atoms with van der Waals surface area (Å²) in [5.41, 5.74) is 10.8. The number of aliphatic hydroxyl groups excluding tert-OH is 1. The van der Waals surface area contributed by atoms with Crippen LogP contribution >= 0.6 is 11.9 Å². The summed E-state index contributed by atoms with van der Waals surface area (Å²) in [6.07, 6.45) is 5.13. The first kappa shape index (κ1) is 26.4. The van der Waals surface area contributed by atoms with Crippen molar-refractivity contribution in [2.24, 2.45) is 7.05 Å². The van der Waals surface area contributed by atoms with Crippen LogP contribution in [0.3, 0.4) is 0 Å². The molecule has 39 heavy (non-hydrogen) atoms. The highest BCUT2D eigenvalue weighted by Crippen LogP contribution is 2.39. The summed E-state index contributed by atoms with van der Waals surface area (Å²) in [7, 11) is 1.79. The van der Waals surface area contributed by atoms with Gasteiger partial charge in [-0.1, -0.05) is 18.2 Å². The van der Waals surface area contributed by atoms with Crippen molar-refractivity contribution in [1.29, 1.82) is 0 Å². The predicted octanol–water partition coefficient (Wildman–Crippen LogP) is 5.07. The molecule has 0 aliphatic rings. The van der Waals surface area contributed by atoms with Crippen LogP contribution in [0.15, 0.2) is 61.1 Å². The van der Waals surface area contributed by atoms with Gasteiger partial charge in [0.25, 0.3) is 0 Å². The number of aliphatic hydroxyl groups is 1. The molecule has 3 aromatic heterocycles. The largest absolute Gasteiger partial charge is 0.487 e. The number of nitrogen functional groups attached to an aromatic ring is 1. The molecule has 0 unspecified atom stereocenters. The molecule has 0 fully saturated rings. The second-order valence-corrected chi connectivity index (χ2v) is 9.37. The number of fused-ring (bicyclic) bond motifs is 1. The van der Waals surface area contributed by atoms with Crippen molar-refractivity contribution in [2.45, 2.75) is 18.9 Å². The van der Waals surface area contributed by atoms with E-state index in [2.05, 4.69) is 14.8 Å². The summed E-state index contributed by atoms with van der Waals surface area (Å²) in [5, 5.41) is 18.8. The van der Waals surface area contributed by atoms with Gasteiger partial charge in [0.2, 0.25) is 0 Å². The highest BCUT2D eigenvalue weighted by Gasteiger charge is 2.21. The summed E-state index contributed by atoms with van der Waals surface area (Å²) < 4.78 is 51.0. The molecule has 9 nitrogen and oxygen atoms in total. The number of benzene rings is 2. The number of nitrogens with two attached hydrogens (primary N) is 1. The van der Waals surface area contributed by atoms with Crippen molar-refractivity contribution in [3.63, 3.8) is 0 Å². The van der Waals surface area contributed by atoms with Gasteiger partial charge < -0.3 is 20.3 Å². The topological polar surface area (TPSA) is 116 Å². The number of aryl methyl sites for hydroxylation is 1. The predicted molar refractivity (Wildman–Crippen MR) is 145 cm³/mol. The molecule has 0 atom stereocenters. The van der Waals surface area contributed by atoms with Crippen molar-refractivity contribution in [2.75, 3.05) is 17.1 Å². The fourth-order valence-corrected chi connectivity index (χ4v) is 4.58. The maximum atomic E-state index is 13.3. The Kier molecular flexibility index (Phi) is 7.61. The Balaban J connectivity index is 1.56. The molecule has 0 aliphatic carbocycles. The minimum Gasteiger partial charge on any atom is -0.487 e. The zero-order valence-corrected chi connectivity index (χ0v) is 21.5. The molecule has 202 valence electrons. The number of halogens is 3. The minimum atomic E-state index is -2.64. The highest BCUT2D eigenvalue weighted by molar-refractivity contribution is 8.00. The van der Waals surface area contributed by atoms with E-state index in [4.69, 9.17) is 15.6 Å². The Morgan fingerprint density at radius 3 is 2.67 bits per heavy atom. The van der Waals surface area contributed by atoms with E-state index in [-0.39, 0.29) is 36.8 Å². The van der Waals surface area contributed by atoms with E-state index < -0.39 is 5.76 Å². The first-order valence-corrected chi connectivity index (χ1v) is 12.7.